The number of carbonyl (C=O) groups is 1. The zero-order chi connectivity index (χ0) is 23.0. The van der Waals surface area contributed by atoms with Gasteiger partial charge in [0.05, 0.1) is 5.39 Å². The average molecular weight is 443 g/mol. The highest BCUT2D eigenvalue weighted by Gasteiger charge is 2.10. The number of rotatable bonds is 17. The zero-order valence-corrected chi connectivity index (χ0v) is 20.3. The molecule has 178 valence electrons. The number of esters is 1. The molecule has 0 fully saturated rings. The number of hydrogen-bond acceptors (Lipinski definition) is 4. The lowest BCUT2D eigenvalue weighted by Gasteiger charge is -2.07. The van der Waals surface area contributed by atoms with Gasteiger partial charge in [0.15, 0.2) is 5.43 Å². The summed E-state index contributed by atoms with van der Waals surface area (Å²) in [5.41, 5.74) is 0.483. The summed E-state index contributed by atoms with van der Waals surface area (Å²) < 4.78 is 11.4. The molecule has 32 heavy (non-hydrogen) atoms. The Morgan fingerprint density at radius 2 is 1.38 bits per heavy atom. The summed E-state index contributed by atoms with van der Waals surface area (Å²) in [6.07, 6.45) is 18.0. The van der Waals surface area contributed by atoms with E-state index in [9.17, 15) is 9.59 Å². The minimum atomic E-state index is -0.238. The van der Waals surface area contributed by atoms with Crippen LogP contribution < -0.4 is 10.2 Å². The highest BCUT2D eigenvalue weighted by atomic mass is 16.5. The van der Waals surface area contributed by atoms with Crippen LogP contribution in [0, 0.1) is 0 Å². The molecular weight excluding hydrogens is 400 g/mol. The Morgan fingerprint density at radius 3 is 2.03 bits per heavy atom. The van der Waals surface area contributed by atoms with Gasteiger partial charge in [-0.15, -0.1) is 0 Å². The molecule has 0 saturated carbocycles. The Labute approximate surface area is 193 Å². The van der Waals surface area contributed by atoms with Crippen LogP contribution in [-0.4, -0.2) is 5.97 Å². The second kappa shape index (κ2) is 15.7. The van der Waals surface area contributed by atoms with Crippen molar-refractivity contribution in [2.24, 2.45) is 0 Å². The van der Waals surface area contributed by atoms with Crippen molar-refractivity contribution in [1.82, 2.24) is 0 Å². The first-order valence-corrected chi connectivity index (χ1v) is 12.9. The van der Waals surface area contributed by atoms with E-state index >= 15 is 0 Å². The molecule has 0 spiro atoms. The molecule has 0 saturated heterocycles. The number of carbonyl (C=O) groups excluding carboxylic acids is 1. The van der Waals surface area contributed by atoms with Crippen LogP contribution in [0.4, 0.5) is 0 Å². The van der Waals surface area contributed by atoms with E-state index in [4.69, 9.17) is 9.15 Å². The van der Waals surface area contributed by atoms with E-state index in [1.54, 1.807) is 24.3 Å². The van der Waals surface area contributed by atoms with Gasteiger partial charge in [-0.3, -0.25) is 9.59 Å². The van der Waals surface area contributed by atoms with Crippen LogP contribution in [0.5, 0.6) is 5.75 Å². The SMILES string of the molecule is CCCCCCCCCC(=O)Oc1ccc2oc(CCCCCCCCC)cc(=O)c2c1. The number of benzene rings is 1. The van der Waals surface area contributed by atoms with Gasteiger partial charge in [0.2, 0.25) is 0 Å². The maximum absolute atomic E-state index is 12.6. The second-order valence-corrected chi connectivity index (χ2v) is 8.95. The smallest absolute Gasteiger partial charge is 0.311 e. The Morgan fingerprint density at radius 1 is 0.781 bits per heavy atom. The number of unbranched alkanes of at least 4 members (excludes halogenated alkanes) is 12. The number of aryl methyl sites for hydroxylation is 1. The molecule has 0 atom stereocenters. The molecule has 0 aliphatic heterocycles. The van der Waals surface area contributed by atoms with E-state index in [2.05, 4.69) is 13.8 Å². The van der Waals surface area contributed by atoms with Crippen molar-refractivity contribution in [3.63, 3.8) is 0 Å². The van der Waals surface area contributed by atoms with Crippen LogP contribution in [0.2, 0.25) is 0 Å². The van der Waals surface area contributed by atoms with Crippen molar-refractivity contribution in [2.75, 3.05) is 0 Å². The fraction of sp³-hybridized carbons (Fsp3) is 0.643. The van der Waals surface area contributed by atoms with Crippen LogP contribution in [0.1, 0.15) is 116 Å². The highest BCUT2D eigenvalue weighted by Crippen LogP contribution is 2.21. The van der Waals surface area contributed by atoms with Crippen molar-refractivity contribution in [3.8, 4) is 5.75 Å². The summed E-state index contributed by atoms with van der Waals surface area (Å²) in [7, 11) is 0. The topological polar surface area (TPSA) is 56.5 Å². The molecule has 0 radical (unpaired) electrons. The molecule has 0 aliphatic carbocycles. The Balaban J connectivity index is 1.78. The maximum atomic E-state index is 12.6. The maximum Gasteiger partial charge on any atom is 0.311 e. The van der Waals surface area contributed by atoms with Gasteiger partial charge in [0.1, 0.15) is 17.1 Å². The van der Waals surface area contributed by atoms with Crippen molar-refractivity contribution < 1.29 is 13.9 Å². The third-order valence-corrected chi connectivity index (χ3v) is 5.99. The minimum Gasteiger partial charge on any atom is -0.461 e. The standard InChI is InChI=1S/C28H42O4/c1-3-5-7-9-11-13-15-17-23-22-26(29)25-21-24(19-20-27(25)31-23)32-28(30)18-16-14-12-10-8-6-4-2/h19-22H,3-18H2,1-2H3. The summed E-state index contributed by atoms with van der Waals surface area (Å²) in [5.74, 6) is 0.912. The van der Waals surface area contributed by atoms with Crippen molar-refractivity contribution in [3.05, 3.63) is 40.2 Å². The van der Waals surface area contributed by atoms with Crippen molar-refractivity contribution in [1.29, 1.82) is 0 Å². The largest absolute Gasteiger partial charge is 0.461 e. The van der Waals surface area contributed by atoms with Gasteiger partial charge in [-0.25, -0.2) is 0 Å². The van der Waals surface area contributed by atoms with Crippen LogP contribution in [0.25, 0.3) is 11.0 Å². The summed E-state index contributed by atoms with van der Waals surface area (Å²) in [6, 6.07) is 6.66. The molecule has 1 aromatic carbocycles. The van der Waals surface area contributed by atoms with Crippen LogP contribution in [0.3, 0.4) is 0 Å². The third-order valence-electron chi connectivity index (χ3n) is 5.99. The van der Waals surface area contributed by atoms with Crippen LogP contribution >= 0.6 is 0 Å². The predicted molar refractivity (Wildman–Crippen MR) is 132 cm³/mol. The molecule has 4 nitrogen and oxygen atoms in total. The predicted octanol–water partition coefficient (Wildman–Crippen LogP) is 8.13. The molecule has 2 aromatic rings. The van der Waals surface area contributed by atoms with E-state index in [1.165, 1.54) is 70.6 Å². The van der Waals surface area contributed by atoms with E-state index in [-0.39, 0.29) is 11.4 Å². The minimum absolute atomic E-state index is 0.0748. The van der Waals surface area contributed by atoms with E-state index in [0.717, 1.165) is 31.4 Å². The lowest BCUT2D eigenvalue weighted by atomic mass is 10.1. The molecule has 1 aromatic heterocycles. The van der Waals surface area contributed by atoms with Gasteiger partial charge in [-0.05, 0) is 31.0 Å². The van der Waals surface area contributed by atoms with Gasteiger partial charge >= 0.3 is 5.97 Å². The summed E-state index contributed by atoms with van der Waals surface area (Å²) in [6.45, 7) is 4.44. The van der Waals surface area contributed by atoms with Crippen LogP contribution in [-0.2, 0) is 11.2 Å². The van der Waals surface area contributed by atoms with E-state index in [1.807, 2.05) is 0 Å². The summed E-state index contributed by atoms with van der Waals surface area (Å²) in [5, 5.41) is 0.467. The van der Waals surface area contributed by atoms with Gasteiger partial charge in [-0.1, -0.05) is 90.9 Å². The number of fused-ring (bicyclic) bond motifs is 1. The van der Waals surface area contributed by atoms with Gasteiger partial charge in [0.25, 0.3) is 0 Å². The third kappa shape index (κ3) is 10.0. The first kappa shape index (κ1) is 26.2. The molecule has 0 amide bonds. The van der Waals surface area contributed by atoms with Gasteiger partial charge < -0.3 is 9.15 Å². The fourth-order valence-corrected chi connectivity index (χ4v) is 4.04. The average Bonchev–Trinajstić information content (AvgIpc) is 2.78. The molecular formula is C28H42O4. The Kier molecular flexibility index (Phi) is 12.8. The first-order chi connectivity index (χ1) is 15.6. The molecule has 1 heterocycles. The lowest BCUT2D eigenvalue weighted by Crippen LogP contribution is -2.08. The molecule has 0 bridgehead atoms. The second-order valence-electron chi connectivity index (χ2n) is 8.95. The highest BCUT2D eigenvalue weighted by molar-refractivity contribution is 5.80. The molecule has 2 rings (SSSR count). The molecule has 4 heteroatoms. The Bertz CT molecular complexity index is 852. The van der Waals surface area contributed by atoms with E-state index < -0.39 is 0 Å². The van der Waals surface area contributed by atoms with E-state index in [0.29, 0.717) is 23.1 Å². The normalized spacial score (nSPS) is 11.2. The number of ether oxygens (including phenoxy) is 1. The monoisotopic (exact) mass is 442 g/mol. The lowest BCUT2D eigenvalue weighted by molar-refractivity contribution is -0.134. The van der Waals surface area contributed by atoms with Crippen molar-refractivity contribution in [2.45, 2.75) is 117 Å². The summed E-state index contributed by atoms with van der Waals surface area (Å²) in [4.78, 5) is 24.7. The summed E-state index contributed by atoms with van der Waals surface area (Å²) >= 11 is 0. The van der Waals surface area contributed by atoms with Crippen molar-refractivity contribution >= 4 is 16.9 Å². The fourth-order valence-electron chi connectivity index (χ4n) is 4.04. The van der Waals surface area contributed by atoms with Gasteiger partial charge in [-0.2, -0.15) is 0 Å². The first-order valence-electron chi connectivity index (χ1n) is 12.9. The van der Waals surface area contributed by atoms with Crippen LogP contribution in [0.15, 0.2) is 33.5 Å². The molecule has 0 N–H and O–H groups in total. The van der Waals surface area contributed by atoms with Gasteiger partial charge in [0, 0.05) is 18.9 Å². The quantitative estimate of drug-likeness (QED) is 0.141. The Hall–Kier alpha value is -2.10. The number of hydrogen-bond donors (Lipinski definition) is 0. The molecule has 0 unspecified atom stereocenters. The zero-order valence-electron chi connectivity index (χ0n) is 20.3. The molecule has 0 aliphatic rings.